The lowest BCUT2D eigenvalue weighted by Crippen LogP contribution is -2.01. The summed E-state index contributed by atoms with van der Waals surface area (Å²) in [5, 5.41) is 9.68. The molecule has 92 valence electrons. The van der Waals surface area contributed by atoms with E-state index in [4.69, 9.17) is 5.11 Å². The van der Waals surface area contributed by atoms with Gasteiger partial charge in [0.05, 0.1) is 5.56 Å². The van der Waals surface area contributed by atoms with Crippen molar-refractivity contribution in [3.63, 3.8) is 0 Å². The first kappa shape index (κ1) is 14.3. The number of carbonyl (C=O) groups is 2. The molecule has 17 heavy (non-hydrogen) atoms. The fourth-order valence-electron chi connectivity index (χ4n) is 1.42. The zero-order chi connectivity index (χ0) is 12.8. The average Bonchev–Trinajstić information content (AvgIpc) is 2.28. The highest BCUT2D eigenvalue weighted by atomic mass is 79.9. The molecule has 0 fully saturated rings. The Labute approximate surface area is 113 Å². The van der Waals surface area contributed by atoms with E-state index in [-0.39, 0.29) is 5.12 Å². The number of aryl methyl sites for hydroxylation is 1. The molecule has 0 aliphatic rings. The van der Waals surface area contributed by atoms with E-state index in [1.165, 1.54) is 18.7 Å². The summed E-state index contributed by atoms with van der Waals surface area (Å²) in [6, 6.07) is 5.27. The number of alkyl halides is 1. The summed E-state index contributed by atoms with van der Waals surface area (Å²) in [6.07, 6.45) is 0.700. The number of carboxylic acids is 1. The summed E-state index contributed by atoms with van der Waals surface area (Å²) in [7, 11) is 0. The number of carboxylic acid groups (broad SMARTS) is 1. The topological polar surface area (TPSA) is 54.4 Å². The van der Waals surface area contributed by atoms with Crippen LogP contribution in [-0.4, -0.2) is 21.9 Å². The predicted octanol–water partition coefficient (Wildman–Crippen LogP) is 3.10. The Bertz CT molecular complexity index is 432. The van der Waals surface area contributed by atoms with Crippen LogP contribution in [0.25, 0.3) is 0 Å². The van der Waals surface area contributed by atoms with Crippen LogP contribution in [0.3, 0.4) is 0 Å². The zero-order valence-electron chi connectivity index (χ0n) is 9.40. The largest absolute Gasteiger partial charge is 0.478 e. The highest BCUT2D eigenvalue weighted by Crippen LogP contribution is 2.15. The van der Waals surface area contributed by atoms with Crippen molar-refractivity contribution >= 4 is 38.8 Å². The molecule has 3 nitrogen and oxygen atoms in total. The summed E-state index contributed by atoms with van der Waals surface area (Å²) in [4.78, 5) is 21.7. The Morgan fingerprint density at radius 1 is 1.29 bits per heavy atom. The van der Waals surface area contributed by atoms with Crippen LogP contribution in [0.4, 0.5) is 0 Å². The van der Waals surface area contributed by atoms with Crippen molar-refractivity contribution in [2.75, 3.05) is 5.75 Å². The van der Waals surface area contributed by atoms with Crippen LogP contribution in [0.1, 0.15) is 28.4 Å². The van der Waals surface area contributed by atoms with Gasteiger partial charge in [-0.1, -0.05) is 33.8 Å². The van der Waals surface area contributed by atoms with E-state index in [2.05, 4.69) is 15.9 Å². The van der Waals surface area contributed by atoms with E-state index in [1.807, 2.05) is 6.07 Å². The molecule has 0 aliphatic heterocycles. The minimum absolute atomic E-state index is 0.0834. The zero-order valence-corrected chi connectivity index (χ0v) is 11.8. The second kappa shape index (κ2) is 6.81. The fraction of sp³-hybridized carbons (Fsp3) is 0.333. The molecule has 5 heteroatoms. The maximum absolute atomic E-state index is 10.9. The molecule has 0 atom stereocenters. The molecular formula is C12H13BrO3S. The second-order valence-corrected chi connectivity index (χ2v) is 5.40. The summed E-state index contributed by atoms with van der Waals surface area (Å²) in [5.74, 6) is -0.242. The molecule has 1 aromatic carbocycles. The van der Waals surface area contributed by atoms with Crippen LogP contribution in [0, 0.1) is 0 Å². The number of rotatable bonds is 5. The van der Waals surface area contributed by atoms with Crippen molar-refractivity contribution in [2.45, 2.75) is 18.7 Å². The lowest BCUT2D eigenvalue weighted by atomic mass is 10.1. The molecule has 0 unspecified atom stereocenters. The first-order valence-corrected chi connectivity index (χ1v) is 7.19. The molecule has 0 spiro atoms. The molecule has 1 rings (SSSR count). The van der Waals surface area contributed by atoms with Gasteiger partial charge in [0.1, 0.15) is 0 Å². The molecule has 0 heterocycles. The van der Waals surface area contributed by atoms with Gasteiger partial charge in [-0.05, 0) is 29.7 Å². The van der Waals surface area contributed by atoms with E-state index in [0.717, 1.165) is 11.1 Å². The Kier molecular flexibility index (Phi) is 5.71. The molecule has 0 aliphatic carbocycles. The van der Waals surface area contributed by atoms with Gasteiger partial charge in [-0.15, -0.1) is 0 Å². The predicted molar refractivity (Wildman–Crippen MR) is 72.9 cm³/mol. The number of aromatic carboxylic acids is 1. The molecule has 1 aromatic rings. The SMILES string of the molecule is CC(=O)SCCc1cc(CBr)cc(C(=O)O)c1. The van der Waals surface area contributed by atoms with Crippen LogP contribution in [0.15, 0.2) is 18.2 Å². The van der Waals surface area contributed by atoms with Gasteiger partial charge in [-0.25, -0.2) is 4.79 Å². The number of thioether (sulfide) groups is 1. The fourth-order valence-corrected chi connectivity index (χ4v) is 2.37. The molecule has 0 amide bonds. The van der Waals surface area contributed by atoms with E-state index < -0.39 is 5.97 Å². The third-order valence-electron chi connectivity index (χ3n) is 2.15. The molecule has 0 saturated heterocycles. The van der Waals surface area contributed by atoms with Crippen molar-refractivity contribution < 1.29 is 14.7 Å². The maximum atomic E-state index is 10.9. The van der Waals surface area contributed by atoms with Crippen LogP contribution >= 0.6 is 27.7 Å². The lowest BCUT2D eigenvalue weighted by molar-refractivity contribution is -0.109. The monoisotopic (exact) mass is 316 g/mol. The first-order chi connectivity index (χ1) is 8.02. The number of benzene rings is 1. The molecule has 1 N–H and O–H groups in total. The van der Waals surface area contributed by atoms with Gasteiger partial charge in [0.2, 0.25) is 0 Å². The first-order valence-electron chi connectivity index (χ1n) is 5.08. The Balaban J connectivity index is 2.80. The minimum atomic E-state index is -0.923. The van der Waals surface area contributed by atoms with E-state index in [0.29, 0.717) is 23.1 Å². The van der Waals surface area contributed by atoms with Gasteiger partial charge >= 0.3 is 5.97 Å². The summed E-state index contributed by atoms with van der Waals surface area (Å²) < 4.78 is 0. The van der Waals surface area contributed by atoms with Crippen molar-refractivity contribution in [1.82, 2.24) is 0 Å². The molecule has 0 saturated carbocycles. The van der Waals surface area contributed by atoms with Gasteiger partial charge in [0.15, 0.2) is 5.12 Å². The maximum Gasteiger partial charge on any atom is 0.335 e. The number of hydrogen-bond acceptors (Lipinski definition) is 3. The highest BCUT2D eigenvalue weighted by Gasteiger charge is 2.07. The van der Waals surface area contributed by atoms with Crippen LogP contribution < -0.4 is 0 Å². The standard InChI is InChI=1S/C12H13BrO3S/c1-8(14)17-3-2-9-4-10(7-13)6-11(5-9)12(15)16/h4-6H,2-3,7H2,1H3,(H,15,16). The van der Waals surface area contributed by atoms with Gasteiger partial charge in [0.25, 0.3) is 0 Å². The van der Waals surface area contributed by atoms with Crippen molar-refractivity contribution in [3.05, 3.63) is 34.9 Å². The van der Waals surface area contributed by atoms with Crippen LogP contribution in [-0.2, 0) is 16.5 Å². The Hall–Kier alpha value is -0.810. The van der Waals surface area contributed by atoms with E-state index in [9.17, 15) is 9.59 Å². The Morgan fingerprint density at radius 2 is 1.94 bits per heavy atom. The van der Waals surface area contributed by atoms with Gasteiger partial charge in [-0.3, -0.25) is 4.79 Å². The summed E-state index contributed by atoms with van der Waals surface area (Å²) >= 11 is 4.57. The molecular weight excluding hydrogens is 304 g/mol. The van der Waals surface area contributed by atoms with Crippen LogP contribution in [0.2, 0.25) is 0 Å². The molecule has 0 radical (unpaired) electrons. The van der Waals surface area contributed by atoms with Crippen molar-refractivity contribution in [3.8, 4) is 0 Å². The van der Waals surface area contributed by atoms with Crippen molar-refractivity contribution in [2.24, 2.45) is 0 Å². The quantitative estimate of drug-likeness (QED) is 0.848. The third kappa shape index (κ3) is 4.91. The normalized spacial score (nSPS) is 10.2. The highest BCUT2D eigenvalue weighted by molar-refractivity contribution is 9.08. The smallest absolute Gasteiger partial charge is 0.335 e. The molecule has 0 aromatic heterocycles. The molecule has 0 bridgehead atoms. The minimum Gasteiger partial charge on any atom is -0.478 e. The number of hydrogen-bond donors (Lipinski definition) is 1. The number of halogens is 1. The van der Waals surface area contributed by atoms with Gasteiger partial charge in [-0.2, -0.15) is 0 Å². The number of carbonyl (C=O) groups excluding carboxylic acids is 1. The average molecular weight is 317 g/mol. The van der Waals surface area contributed by atoms with Gasteiger partial charge in [0, 0.05) is 18.0 Å². The Morgan fingerprint density at radius 3 is 2.47 bits per heavy atom. The van der Waals surface area contributed by atoms with Crippen LogP contribution in [0.5, 0.6) is 0 Å². The second-order valence-electron chi connectivity index (χ2n) is 3.57. The summed E-state index contributed by atoms with van der Waals surface area (Å²) in [5.41, 5.74) is 2.19. The lowest BCUT2D eigenvalue weighted by Gasteiger charge is -2.05. The van der Waals surface area contributed by atoms with E-state index in [1.54, 1.807) is 12.1 Å². The van der Waals surface area contributed by atoms with Gasteiger partial charge < -0.3 is 5.11 Å². The van der Waals surface area contributed by atoms with Crippen molar-refractivity contribution in [1.29, 1.82) is 0 Å². The van der Waals surface area contributed by atoms with E-state index >= 15 is 0 Å². The third-order valence-corrected chi connectivity index (χ3v) is 3.61. The summed E-state index contributed by atoms with van der Waals surface area (Å²) in [6.45, 7) is 1.53.